The Balaban J connectivity index is 0.000000150. The van der Waals surface area contributed by atoms with Gasteiger partial charge in [-0.05, 0) is 171 Å². The van der Waals surface area contributed by atoms with Crippen LogP contribution in [0.25, 0.3) is 33.4 Å². The largest absolute Gasteiger partial charge is 0.497 e. The van der Waals surface area contributed by atoms with Gasteiger partial charge in [0.15, 0.2) is 12.4 Å². The Morgan fingerprint density at radius 3 is 1.33 bits per heavy atom. The number of carbonyl (C=O) groups is 3. The average Bonchev–Trinajstić information content (AvgIpc) is 1.69. The van der Waals surface area contributed by atoms with Crippen molar-refractivity contribution in [2.45, 2.75) is 66.1 Å². The Morgan fingerprint density at radius 1 is 0.443 bits per heavy atom. The van der Waals surface area contributed by atoms with Gasteiger partial charge in [0.1, 0.15) is 40.5 Å². The fourth-order valence-electron chi connectivity index (χ4n) is 12.9. The summed E-state index contributed by atoms with van der Waals surface area (Å²) >= 11 is 6.06. The SMILES string of the molecule is COc1ccc(-c2cnc3nc2NCCCCS(=N)(=O)c2cc(NC(=O)N4CCCC4)cc(c2)N3)cc1.COc1ccc(-c2cnc3nc2NCCCCS(=N)(=O)c2cc(cc(C(=O)Nc4cccc(Cl)c4)c2)N3)cc1.COc1ccc(-c2cnc3nc2NCCCCS(=N)(=O)c2cc(cc(OCC(=O)c4ccccc4)c2)N3)cc1. The Morgan fingerprint density at radius 2 is 0.878 bits per heavy atom. The van der Waals surface area contributed by atoms with E-state index in [9.17, 15) is 27.0 Å². The first-order valence-corrected chi connectivity index (χ1v) is 42.8. The first-order chi connectivity index (χ1) is 55.6. The number of ketones is 1. The smallest absolute Gasteiger partial charge is 0.321 e. The van der Waals surface area contributed by atoms with Gasteiger partial charge in [-0.25, -0.2) is 46.7 Å². The van der Waals surface area contributed by atoms with Crippen LogP contribution >= 0.6 is 11.6 Å². The third kappa shape index (κ3) is 21.3. The second-order valence-electron chi connectivity index (χ2n) is 27.3. The topological polar surface area (TPSA) is 388 Å². The van der Waals surface area contributed by atoms with Gasteiger partial charge in [-0.1, -0.05) is 84.4 Å². The molecule has 15 rings (SSSR count). The number of nitrogens with zero attached hydrogens (tertiary/aromatic N) is 7. The van der Waals surface area contributed by atoms with E-state index in [1.54, 1.807) is 142 Å². The van der Waals surface area contributed by atoms with Crippen LogP contribution in [0.15, 0.2) is 215 Å². The molecular weight excluding hydrogens is 1540 g/mol. The summed E-state index contributed by atoms with van der Waals surface area (Å²) in [5, 5.41) is 25.8. The molecule has 11 aromatic rings. The zero-order valence-electron chi connectivity index (χ0n) is 63.4. The maximum atomic E-state index is 13.4. The van der Waals surface area contributed by atoms with Crippen LogP contribution in [0.4, 0.5) is 68.5 Å². The summed E-state index contributed by atoms with van der Waals surface area (Å²) in [5.74, 6) is 5.56. The highest BCUT2D eigenvalue weighted by molar-refractivity contribution is 7.93. The van der Waals surface area contributed by atoms with E-state index in [1.807, 2.05) is 78.9 Å². The lowest BCUT2D eigenvalue weighted by Crippen LogP contribution is -2.32. The number of halogens is 1. The first-order valence-electron chi connectivity index (χ1n) is 37.3. The minimum atomic E-state index is -3.15. The molecule has 1 fully saturated rings. The number of hydrogen-bond donors (Lipinski definition) is 11. The number of methoxy groups -OCH3 is 3. The number of nitrogens with one attached hydrogen (secondary N) is 11. The van der Waals surface area contributed by atoms with E-state index in [0.29, 0.717) is 142 Å². The molecule has 12 bridgehead atoms. The summed E-state index contributed by atoms with van der Waals surface area (Å²) in [6.07, 6.45) is 11.1. The lowest BCUT2D eigenvalue weighted by Gasteiger charge is -2.18. The number of rotatable bonds is 13. The van der Waals surface area contributed by atoms with Gasteiger partial charge in [0.2, 0.25) is 17.8 Å². The number of amides is 3. The van der Waals surface area contributed by atoms with E-state index >= 15 is 0 Å². The summed E-state index contributed by atoms with van der Waals surface area (Å²) in [6.45, 7) is 3.05. The van der Waals surface area contributed by atoms with Crippen molar-refractivity contribution < 1.29 is 46.0 Å². The standard InChI is InChI=1S/C29H29N5O4S.C28H27ClN6O3S.C26H31N7O3S/c1-37-23-11-9-20(10-12-23)26-18-32-29-33-22-15-24(38-19-27(35)21-7-3-2-4-8-21)17-25(16-22)39(30,36)14-6-5-13-31-28(26)34-29;1-38-23-9-7-18(8-10-23)25-17-32-28-34-22-13-19(27(36)33-21-6-4-5-20(29)15-21)14-24(16-22)39(30,37)12-3-2-11-31-26(25)35-28;1-36-21-8-6-18(7-9-21)23-17-29-25-30-19-14-20(31-26(34)33-11-3-4-12-33)16-22(15-19)37(27,35)13-5-2-10-28-24(23)32-25/h2-4,7-12,15-18,30H,5-6,13-14,19H2,1H3,(H2,31,32,33,34);4-10,13-17,30H,2-3,11-12H2,1H3,(H,33,36)(H2,31,32,34,35);6-9,14-17,27H,2-5,10-13H2,1H3,(H,31,34)(H2,28,29,30,32). The van der Waals surface area contributed by atoms with Crippen LogP contribution in [-0.4, -0.2) is 143 Å². The van der Waals surface area contributed by atoms with Crippen LogP contribution in [-0.2, 0) is 29.2 Å². The van der Waals surface area contributed by atoms with Crippen LogP contribution in [0.1, 0.15) is 72.1 Å². The minimum Gasteiger partial charge on any atom is -0.497 e. The highest BCUT2D eigenvalue weighted by Crippen LogP contribution is 2.37. The molecule has 0 aliphatic carbocycles. The Bertz CT molecular complexity index is 5700. The second kappa shape index (κ2) is 37.0. The van der Waals surface area contributed by atoms with Gasteiger partial charge < -0.3 is 66.4 Å². The van der Waals surface area contributed by atoms with E-state index in [1.165, 1.54) is 6.07 Å². The molecule has 0 spiro atoms. The number of hydrogen-bond acceptors (Lipinski definition) is 25. The molecule has 3 aromatic heterocycles. The molecule has 7 heterocycles. The number of anilines is 11. The van der Waals surface area contributed by atoms with Crippen LogP contribution in [0.3, 0.4) is 0 Å². The molecular formula is C83H87ClN18O10S3. The van der Waals surface area contributed by atoms with Gasteiger partial charge in [-0.3, -0.25) is 9.59 Å². The van der Waals surface area contributed by atoms with Gasteiger partial charge in [0, 0.05) is 136 Å². The lowest BCUT2D eigenvalue weighted by molar-refractivity contribution is 0.0920. The lowest BCUT2D eigenvalue weighted by atomic mass is 10.1. The van der Waals surface area contributed by atoms with E-state index < -0.39 is 35.1 Å². The molecule has 3 atom stereocenters. The zero-order valence-corrected chi connectivity index (χ0v) is 66.6. The molecule has 4 aliphatic heterocycles. The number of carbonyl (C=O) groups excluding carboxylic acids is 3. The predicted octanol–water partition coefficient (Wildman–Crippen LogP) is 17.3. The normalized spacial score (nSPS) is 17.7. The molecule has 28 nitrogen and oxygen atoms in total. The Kier molecular flexibility index (Phi) is 25.9. The molecule has 0 saturated carbocycles. The van der Waals surface area contributed by atoms with Gasteiger partial charge in [-0.15, -0.1) is 0 Å². The molecule has 1 saturated heterocycles. The highest BCUT2D eigenvalue weighted by atomic mass is 35.5. The van der Waals surface area contributed by atoms with E-state index in [2.05, 4.69) is 57.5 Å². The number of Topliss-reactive ketones (excluding diaryl/α,β-unsaturated/α-hetero) is 1. The predicted molar refractivity (Wildman–Crippen MR) is 452 cm³/mol. The summed E-state index contributed by atoms with van der Waals surface area (Å²) < 4.78 is 87.6. The maximum absolute atomic E-state index is 13.4. The van der Waals surface area contributed by atoms with Gasteiger partial charge in [-0.2, -0.15) is 15.0 Å². The minimum absolute atomic E-state index is 0.169. The molecule has 11 N–H and O–H groups in total. The summed E-state index contributed by atoms with van der Waals surface area (Å²) in [4.78, 5) is 68.8. The monoisotopic (exact) mass is 1630 g/mol. The van der Waals surface area contributed by atoms with E-state index in [4.69, 9.17) is 59.8 Å². The molecule has 3 amide bonds. The number of urea groups is 1. The molecule has 3 unspecified atom stereocenters. The summed E-state index contributed by atoms with van der Waals surface area (Å²) in [7, 11) is -4.42. The number of benzene rings is 8. The molecule has 32 heteroatoms. The molecule has 4 aliphatic rings. The van der Waals surface area contributed by atoms with Crippen molar-refractivity contribution in [2.75, 3.05) is 120 Å². The van der Waals surface area contributed by atoms with Crippen molar-refractivity contribution in [1.82, 2.24) is 34.8 Å². The van der Waals surface area contributed by atoms with E-state index in [0.717, 1.165) is 83.0 Å². The van der Waals surface area contributed by atoms with Gasteiger partial charge in [0.05, 0.1) is 65.2 Å². The van der Waals surface area contributed by atoms with Crippen molar-refractivity contribution in [3.05, 3.63) is 217 Å². The Hall–Kier alpha value is -12.5. The number of fused-ring (bicyclic) bond motifs is 12. The number of likely N-dealkylation sites (tertiary alicyclic amines) is 1. The first kappa shape index (κ1) is 80.6. The second-order valence-corrected chi connectivity index (χ2v) is 34.4. The van der Waals surface area contributed by atoms with Gasteiger partial charge >= 0.3 is 6.03 Å². The zero-order chi connectivity index (χ0) is 80.5. The average molecular weight is 1630 g/mol. The van der Waals surface area contributed by atoms with E-state index in [-0.39, 0.29) is 46.1 Å². The summed E-state index contributed by atoms with van der Waals surface area (Å²) in [5.41, 5.74) is 8.62. The maximum Gasteiger partial charge on any atom is 0.321 e. The van der Waals surface area contributed by atoms with Crippen LogP contribution in [0, 0.1) is 14.3 Å². The highest BCUT2D eigenvalue weighted by Gasteiger charge is 2.25. The molecule has 0 radical (unpaired) electrons. The quantitative estimate of drug-likeness (QED) is 0.0478. The molecule has 8 aromatic carbocycles. The van der Waals surface area contributed by atoms with Crippen molar-refractivity contribution >= 4 is 122 Å². The number of aromatic nitrogens is 6. The van der Waals surface area contributed by atoms with Crippen LogP contribution in [0.5, 0.6) is 23.0 Å². The van der Waals surface area contributed by atoms with Crippen molar-refractivity contribution in [3.8, 4) is 56.4 Å². The van der Waals surface area contributed by atoms with Crippen molar-refractivity contribution in [2.24, 2.45) is 0 Å². The fraction of sp³-hybridized carbons (Fsp3) is 0.241. The fourth-order valence-corrected chi connectivity index (χ4v) is 17.5. The molecule has 594 valence electrons. The Labute approximate surface area is 672 Å². The van der Waals surface area contributed by atoms with Crippen molar-refractivity contribution in [3.63, 3.8) is 0 Å². The van der Waals surface area contributed by atoms with Crippen LogP contribution < -0.4 is 61.5 Å². The summed E-state index contributed by atoms with van der Waals surface area (Å²) in [6, 6.07) is 53.2. The third-order valence-corrected chi connectivity index (χ3v) is 24.9. The molecule has 115 heavy (non-hydrogen) atoms. The third-order valence-electron chi connectivity index (χ3n) is 19.1. The van der Waals surface area contributed by atoms with Crippen molar-refractivity contribution in [1.29, 1.82) is 14.3 Å². The van der Waals surface area contributed by atoms with Gasteiger partial charge in [0.25, 0.3) is 5.91 Å². The number of ether oxygens (including phenoxy) is 4. The van der Waals surface area contributed by atoms with Crippen LogP contribution in [0.2, 0.25) is 5.02 Å².